The van der Waals surface area contributed by atoms with Crippen LogP contribution in [0.15, 0.2) is 0 Å². The van der Waals surface area contributed by atoms with E-state index >= 15 is 0 Å². The molecule has 0 aliphatic carbocycles. The van der Waals surface area contributed by atoms with Crippen molar-refractivity contribution < 1.29 is 18.3 Å². The van der Waals surface area contributed by atoms with Crippen molar-refractivity contribution in [3.8, 4) is 0 Å². The molecule has 1 fully saturated rings. The molecule has 0 aromatic carbocycles. The summed E-state index contributed by atoms with van der Waals surface area (Å²) in [5, 5.41) is 0. The normalized spacial score (nSPS) is 21.9. The first-order valence-electron chi connectivity index (χ1n) is 9.13. The van der Waals surface area contributed by atoms with Gasteiger partial charge in [0.15, 0.2) is 5.79 Å². The summed E-state index contributed by atoms with van der Waals surface area (Å²) in [6.45, 7) is 18.6. The van der Waals surface area contributed by atoms with E-state index in [0.29, 0.717) is 0 Å². The van der Waals surface area contributed by atoms with Crippen molar-refractivity contribution in [2.24, 2.45) is 0 Å². The molecule has 1 aliphatic rings. The van der Waals surface area contributed by atoms with E-state index in [9.17, 15) is 0 Å². The topological polar surface area (TPSA) is 36.9 Å². The Labute approximate surface area is 144 Å². The van der Waals surface area contributed by atoms with Crippen molar-refractivity contribution in [1.82, 2.24) is 0 Å². The summed E-state index contributed by atoms with van der Waals surface area (Å²) in [5.74, 6) is -0.509. The summed E-state index contributed by atoms with van der Waals surface area (Å²) in [4.78, 5) is 0. The molecule has 23 heavy (non-hydrogen) atoms. The quantitative estimate of drug-likeness (QED) is 0.579. The lowest BCUT2D eigenvalue weighted by Crippen LogP contribution is -2.53. The van der Waals surface area contributed by atoms with Gasteiger partial charge < -0.3 is 18.3 Å². The van der Waals surface area contributed by atoms with Crippen molar-refractivity contribution in [3.05, 3.63) is 0 Å². The van der Waals surface area contributed by atoms with Crippen molar-refractivity contribution in [1.29, 1.82) is 0 Å². The lowest BCUT2D eigenvalue weighted by atomic mass is 9.95. The molecule has 0 amide bonds. The molecular weight excluding hydrogens is 308 g/mol. The minimum atomic E-state index is -2.26. The Morgan fingerprint density at radius 2 is 1.57 bits per heavy atom. The molecule has 4 nitrogen and oxygen atoms in total. The maximum Gasteiger partial charge on any atom is 0.335 e. The SMILES string of the molecule is CCC[Si](C)(OC(C)(C)C)OC(C)(C)CC1(CC)OCCCO1. The standard InChI is InChI=1S/C18H38O4Si/c1-9-14-23(8,21-16(3,4)5)22-17(6,7)15-18(10-2)19-12-11-13-20-18/h9-15H2,1-8H3. The second-order valence-electron chi connectivity index (χ2n) is 8.45. The predicted octanol–water partition coefficient (Wildman–Crippen LogP) is 5.01. The molecule has 0 saturated carbocycles. The second kappa shape index (κ2) is 7.96. The van der Waals surface area contributed by atoms with E-state index in [2.05, 4.69) is 55.0 Å². The van der Waals surface area contributed by atoms with Crippen LogP contribution in [-0.2, 0) is 18.3 Å². The third-order valence-corrected chi connectivity index (χ3v) is 7.41. The Morgan fingerprint density at radius 3 is 2.00 bits per heavy atom. The fourth-order valence-electron chi connectivity index (χ4n) is 3.54. The minimum absolute atomic E-state index is 0.188. The van der Waals surface area contributed by atoms with Crippen LogP contribution in [0.5, 0.6) is 0 Å². The van der Waals surface area contributed by atoms with Crippen LogP contribution in [0.25, 0.3) is 0 Å². The molecule has 138 valence electrons. The average Bonchev–Trinajstić information content (AvgIpc) is 2.35. The second-order valence-corrected chi connectivity index (χ2v) is 11.6. The largest absolute Gasteiger partial charge is 0.389 e. The summed E-state index contributed by atoms with van der Waals surface area (Å²) in [7, 11) is -2.26. The van der Waals surface area contributed by atoms with Gasteiger partial charge in [0.1, 0.15) is 0 Å². The Kier molecular flexibility index (Phi) is 7.30. The molecule has 1 atom stereocenters. The molecule has 1 aliphatic heterocycles. The Morgan fingerprint density at radius 1 is 1.00 bits per heavy atom. The molecule has 0 spiro atoms. The highest BCUT2D eigenvalue weighted by Gasteiger charge is 2.45. The summed E-state index contributed by atoms with van der Waals surface area (Å²) in [6, 6.07) is 0.995. The van der Waals surface area contributed by atoms with Gasteiger partial charge in [-0.15, -0.1) is 0 Å². The van der Waals surface area contributed by atoms with E-state index < -0.39 is 14.3 Å². The lowest BCUT2D eigenvalue weighted by Gasteiger charge is -2.45. The van der Waals surface area contributed by atoms with Crippen LogP contribution < -0.4 is 0 Å². The van der Waals surface area contributed by atoms with Gasteiger partial charge in [0.25, 0.3) is 0 Å². The molecule has 0 aromatic rings. The van der Waals surface area contributed by atoms with Crippen molar-refractivity contribution in [2.45, 2.75) is 104 Å². The van der Waals surface area contributed by atoms with E-state index in [-0.39, 0.29) is 11.2 Å². The zero-order valence-electron chi connectivity index (χ0n) is 16.6. The average molecular weight is 347 g/mol. The van der Waals surface area contributed by atoms with Gasteiger partial charge in [0.2, 0.25) is 0 Å². The summed E-state index contributed by atoms with van der Waals surface area (Å²) in [5.41, 5.74) is -0.527. The van der Waals surface area contributed by atoms with Gasteiger partial charge in [-0.25, -0.2) is 0 Å². The van der Waals surface area contributed by atoms with E-state index in [1.165, 1.54) is 0 Å². The van der Waals surface area contributed by atoms with Crippen LogP contribution in [0.2, 0.25) is 12.6 Å². The Hall–Kier alpha value is 0.0569. The first-order chi connectivity index (χ1) is 10.4. The molecule has 5 heteroatoms. The minimum Gasteiger partial charge on any atom is -0.389 e. The molecule has 1 unspecified atom stereocenters. The maximum atomic E-state index is 6.63. The third-order valence-electron chi connectivity index (χ3n) is 3.97. The fourth-order valence-corrected chi connectivity index (χ4v) is 7.23. The van der Waals surface area contributed by atoms with Gasteiger partial charge in [-0.3, -0.25) is 0 Å². The molecule has 0 radical (unpaired) electrons. The smallest absolute Gasteiger partial charge is 0.335 e. The zero-order valence-corrected chi connectivity index (χ0v) is 17.6. The van der Waals surface area contributed by atoms with Gasteiger partial charge >= 0.3 is 8.56 Å². The van der Waals surface area contributed by atoms with Crippen molar-refractivity contribution in [3.63, 3.8) is 0 Å². The highest BCUT2D eigenvalue weighted by Crippen LogP contribution is 2.36. The van der Waals surface area contributed by atoms with E-state index in [0.717, 1.165) is 44.9 Å². The maximum absolute atomic E-state index is 6.63. The first-order valence-corrected chi connectivity index (χ1v) is 11.7. The van der Waals surface area contributed by atoms with Crippen LogP contribution in [0.4, 0.5) is 0 Å². The van der Waals surface area contributed by atoms with Gasteiger partial charge in [0.05, 0.1) is 24.4 Å². The van der Waals surface area contributed by atoms with Crippen molar-refractivity contribution in [2.75, 3.05) is 13.2 Å². The van der Waals surface area contributed by atoms with E-state index in [1.807, 2.05) is 0 Å². The summed E-state index contributed by atoms with van der Waals surface area (Å²) < 4.78 is 25.0. The van der Waals surface area contributed by atoms with Gasteiger partial charge in [0, 0.05) is 6.42 Å². The Balaban J connectivity index is 2.83. The van der Waals surface area contributed by atoms with Crippen LogP contribution in [-0.4, -0.2) is 38.8 Å². The van der Waals surface area contributed by atoms with Crippen molar-refractivity contribution >= 4 is 8.56 Å². The highest BCUT2D eigenvalue weighted by molar-refractivity contribution is 6.66. The predicted molar refractivity (Wildman–Crippen MR) is 96.9 cm³/mol. The molecule has 1 saturated heterocycles. The van der Waals surface area contributed by atoms with Crippen LogP contribution in [0.3, 0.4) is 0 Å². The first kappa shape index (κ1) is 21.1. The lowest BCUT2D eigenvalue weighted by molar-refractivity contribution is -0.285. The van der Waals surface area contributed by atoms with Gasteiger partial charge in [-0.1, -0.05) is 20.3 Å². The van der Waals surface area contributed by atoms with E-state index in [4.69, 9.17) is 18.3 Å². The molecule has 1 heterocycles. The van der Waals surface area contributed by atoms with Gasteiger partial charge in [-0.05, 0) is 60.1 Å². The zero-order chi connectivity index (χ0) is 17.8. The summed E-state index contributed by atoms with van der Waals surface area (Å²) >= 11 is 0. The number of hydrogen-bond acceptors (Lipinski definition) is 4. The Bertz CT molecular complexity index is 359. The summed E-state index contributed by atoms with van der Waals surface area (Å²) in [6.07, 6.45) is 3.61. The van der Waals surface area contributed by atoms with Crippen LogP contribution in [0, 0.1) is 0 Å². The number of ether oxygens (including phenoxy) is 2. The monoisotopic (exact) mass is 346 g/mol. The van der Waals surface area contributed by atoms with Crippen LogP contribution in [0.1, 0.15) is 74.1 Å². The molecular formula is C18H38O4Si. The molecule has 0 bridgehead atoms. The fraction of sp³-hybridized carbons (Fsp3) is 1.00. The van der Waals surface area contributed by atoms with Crippen LogP contribution >= 0.6 is 0 Å². The molecule has 0 aromatic heterocycles. The third kappa shape index (κ3) is 7.22. The number of hydrogen-bond donors (Lipinski definition) is 0. The molecule has 0 N–H and O–H groups in total. The van der Waals surface area contributed by atoms with E-state index in [1.54, 1.807) is 0 Å². The number of rotatable bonds is 8. The highest BCUT2D eigenvalue weighted by atomic mass is 28.4. The van der Waals surface area contributed by atoms with Gasteiger partial charge in [-0.2, -0.15) is 0 Å². The molecule has 1 rings (SSSR count).